The lowest BCUT2D eigenvalue weighted by molar-refractivity contribution is -0.123. The van der Waals surface area contributed by atoms with E-state index < -0.39 is 27.7 Å². The molecule has 0 unspecified atom stereocenters. The van der Waals surface area contributed by atoms with E-state index >= 15 is 0 Å². The van der Waals surface area contributed by atoms with Crippen molar-refractivity contribution >= 4 is 41.0 Å². The molecular weight excluding hydrogens is 693 g/mol. The van der Waals surface area contributed by atoms with Crippen molar-refractivity contribution in [1.82, 2.24) is 10.6 Å². The van der Waals surface area contributed by atoms with Crippen molar-refractivity contribution in [2.24, 2.45) is 0 Å². The van der Waals surface area contributed by atoms with E-state index in [0.717, 1.165) is 30.1 Å². The van der Waals surface area contributed by atoms with Crippen LogP contribution >= 0.6 is 0 Å². The predicted molar refractivity (Wildman–Crippen MR) is 214 cm³/mol. The number of rotatable bonds is 18. The van der Waals surface area contributed by atoms with Gasteiger partial charge >= 0.3 is 0 Å². The van der Waals surface area contributed by atoms with Gasteiger partial charge in [-0.15, -0.1) is 0 Å². The molecule has 0 saturated carbocycles. The summed E-state index contributed by atoms with van der Waals surface area (Å²) in [4.78, 5) is 45.0. The van der Waals surface area contributed by atoms with Gasteiger partial charge < -0.3 is 29.7 Å². The largest absolute Gasteiger partial charge is 0.414 e. The molecular formula is C40H66N2O8Si2. The number of hydrogen-bond acceptors (Lipinski definition) is 8. The summed E-state index contributed by atoms with van der Waals surface area (Å²) in [5, 5.41) is 24.7. The highest BCUT2D eigenvalue weighted by Gasteiger charge is 2.44. The molecule has 2 aromatic carbocycles. The molecule has 0 spiro atoms. The van der Waals surface area contributed by atoms with Crippen molar-refractivity contribution in [2.75, 3.05) is 26.4 Å². The van der Waals surface area contributed by atoms with Gasteiger partial charge in [-0.25, -0.2) is 0 Å². The zero-order chi connectivity index (χ0) is 40.0. The van der Waals surface area contributed by atoms with Gasteiger partial charge in [0.25, 0.3) is 0 Å². The van der Waals surface area contributed by atoms with Crippen molar-refractivity contribution in [3.05, 3.63) is 70.8 Å². The van der Waals surface area contributed by atoms with Crippen molar-refractivity contribution in [1.29, 1.82) is 0 Å². The summed E-state index contributed by atoms with van der Waals surface area (Å²) in [5.41, 5.74) is 1.72. The first kappa shape index (κ1) is 47.0. The number of nitrogens with one attached hydrogen (secondary N) is 2. The Balaban J connectivity index is 0.000000601. The van der Waals surface area contributed by atoms with Crippen LogP contribution in [0.1, 0.15) is 100 Å². The maximum Gasteiger partial charge on any atom is 0.217 e. The van der Waals surface area contributed by atoms with E-state index in [2.05, 4.69) is 78.4 Å². The molecule has 0 aromatic heterocycles. The Labute approximate surface area is 314 Å². The van der Waals surface area contributed by atoms with Gasteiger partial charge in [0.05, 0.1) is 37.5 Å². The Bertz CT molecular complexity index is 1400. The number of aryl methyl sites for hydroxylation is 2. The van der Waals surface area contributed by atoms with Crippen LogP contribution in [0.3, 0.4) is 0 Å². The second-order valence-electron chi connectivity index (χ2n) is 17.1. The summed E-state index contributed by atoms with van der Waals surface area (Å²) in [6, 6.07) is 14.7. The highest BCUT2D eigenvalue weighted by Crippen LogP contribution is 2.39. The molecule has 0 bridgehead atoms. The Hall–Kier alpha value is -3.01. The number of aliphatic hydroxyl groups is 2. The highest BCUT2D eigenvalue weighted by molar-refractivity contribution is 6.74. The van der Waals surface area contributed by atoms with Gasteiger partial charge in [0.1, 0.15) is 12.6 Å². The summed E-state index contributed by atoms with van der Waals surface area (Å²) in [7, 11) is -4.06. The number of carbonyl (C=O) groups excluding carboxylic acids is 4. The summed E-state index contributed by atoms with van der Waals surface area (Å²) >= 11 is 0. The first-order valence-corrected chi connectivity index (χ1v) is 23.9. The molecule has 2 aromatic rings. The molecule has 292 valence electrons. The smallest absolute Gasteiger partial charge is 0.217 e. The average Bonchev–Trinajstić information content (AvgIpc) is 3.06. The van der Waals surface area contributed by atoms with E-state index in [1.807, 2.05) is 36.4 Å². The van der Waals surface area contributed by atoms with E-state index in [1.54, 1.807) is 19.1 Å². The van der Waals surface area contributed by atoms with Crippen LogP contribution in [0.2, 0.25) is 36.3 Å². The second kappa shape index (κ2) is 19.9. The van der Waals surface area contributed by atoms with Gasteiger partial charge in [-0.1, -0.05) is 90.1 Å². The minimum Gasteiger partial charge on any atom is -0.414 e. The molecule has 0 radical (unpaired) electrons. The number of amides is 2. The molecule has 2 amide bonds. The number of carbonyl (C=O) groups is 4. The van der Waals surface area contributed by atoms with Gasteiger partial charge in [-0.05, 0) is 73.1 Å². The third kappa shape index (κ3) is 15.2. The Kier molecular flexibility index (Phi) is 18.0. The molecule has 2 rings (SSSR count). The van der Waals surface area contributed by atoms with Crippen LogP contribution in [-0.2, 0) is 31.3 Å². The fraction of sp³-hybridized carbons (Fsp3) is 0.600. The topological polar surface area (TPSA) is 151 Å². The number of benzene rings is 2. The first-order valence-electron chi connectivity index (χ1n) is 18.0. The fourth-order valence-electron chi connectivity index (χ4n) is 4.78. The third-order valence-corrected chi connectivity index (χ3v) is 19.5. The molecule has 52 heavy (non-hydrogen) atoms. The molecule has 4 N–H and O–H groups in total. The molecule has 10 nitrogen and oxygen atoms in total. The summed E-state index contributed by atoms with van der Waals surface area (Å²) < 4.78 is 13.3. The van der Waals surface area contributed by atoms with Crippen molar-refractivity contribution < 1.29 is 38.2 Å². The number of hydrogen-bond donors (Lipinski definition) is 4. The summed E-state index contributed by atoms with van der Waals surface area (Å²) in [6.45, 7) is 25.4. The monoisotopic (exact) mass is 758 g/mol. The maximum absolute atomic E-state index is 12.4. The van der Waals surface area contributed by atoms with Crippen molar-refractivity contribution in [3.63, 3.8) is 0 Å². The molecule has 0 aliphatic carbocycles. The van der Waals surface area contributed by atoms with Gasteiger partial charge in [0.15, 0.2) is 16.6 Å². The van der Waals surface area contributed by atoms with Gasteiger partial charge in [0, 0.05) is 25.0 Å². The standard InChI is InChI=1S/C26H47NO4Si2.C14H19NO4/c1-21(29)27-26(19-30-32(8,9)24(2,3)4,20-31-33(10,11)25(5,6)7)17-16-22-12-14-23(18-28)15-13-22;1-11(19)15-14(9-17,10-18)7-6-12-2-4-13(8-16)5-3-12/h12-15,18H,16-17,19-20H2,1-11H3,(H,27,29);2-5,8,17-18H,6-7,9-10H2,1H3,(H,15,19). The van der Waals surface area contributed by atoms with E-state index in [-0.39, 0.29) is 35.1 Å². The van der Waals surface area contributed by atoms with Gasteiger partial charge in [-0.3, -0.25) is 19.2 Å². The summed E-state index contributed by atoms with van der Waals surface area (Å²) in [5.74, 6) is -0.372. The predicted octanol–water partition coefficient (Wildman–Crippen LogP) is 6.64. The lowest BCUT2D eigenvalue weighted by Crippen LogP contribution is -2.59. The Morgan fingerprint density at radius 3 is 1.19 bits per heavy atom. The third-order valence-electron chi connectivity index (χ3n) is 10.5. The van der Waals surface area contributed by atoms with Crippen LogP contribution in [0.25, 0.3) is 0 Å². The second-order valence-corrected chi connectivity index (χ2v) is 26.7. The van der Waals surface area contributed by atoms with Crippen molar-refractivity contribution in [3.8, 4) is 0 Å². The molecule has 0 heterocycles. The first-order chi connectivity index (χ1) is 23.9. The van der Waals surface area contributed by atoms with Crippen LogP contribution in [0.4, 0.5) is 0 Å². The molecule has 0 aliphatic heterocycles. The Morgan fingerprint density at radius 2 is 0.923 bits per heavy atom. The lowest BCUT2D eigenvalue weighted by atomic mass is 9.92. The molecule has 0 saturated heterocycles. The Morgan fingerprint density at radius 1 is 0.615 bits per heavy atom. The highest BCUT2D eigenvalue weighted by atomic mass is 28.4. The SMILES string of the molecule is CC(=O)NC(CCc1ccc(C=O)cc1)(CO[Si](C)(C)C(C)(C)C)CO[Si](C)(C)C(C)(C)C.CC(=O)NC(CO)(CO)CCc1ccc(C=O)cc1. The molecule has 0 fully saturated rings. The lowest BCUT2D eigenvalue weighted by Gasteiger charge is -2.44. The average molecular weight is 759 g/mol. The fourth-order valence-corrected chi connectivity index (χ4v) is 6.92. The van der Waals surface area contributed by atoms with Crippen LogP contribution in [-0.4, -0.2) is 88.7 Å². The maximum atomic E-state index is 12.4. The van der Waals surface area contributed by atoms with Crippen LogP contribution < -0.4 is 10.6 Å². The molecule has 0 atom stereocenters. The van der Waals surface area contributed by atoms with Crippen LogP contribution in [0.5, 0.6) is 0 Å². The van der Waals surface area contributed by atoms with Crippen LogP contribution in [0, 0.1) is 0 Å². The molecule has 12 heteroatoms. The van der Waals surface area contributed by atoms with E-state index in [9.17, 15) is 29.4 Å². The van der Waals surface area contributed by atoms with E-state index in [4.69, 9.17) is 8.85 Å². The number of aliphatic hydroxyl groups excluding tert-OH is 2. The van der Waals surface area contributed by atoms with Crippen LogP contribution in [0.15, 0.2) is 48.5 Å². The van der Waals surface area contributed by atoms with Crippen molar-refractivity contribution in [2.45, 2.75) is 128 Å². The number of aldehydes is 2. The zero-order valence-corrected chi connectivity index (χ0v) is 35.8. The van der Waals surface area contributed by atoms with E-state index in [1.165, 1.54) is 6.92 Å². The zero-order valence-electron chi connectivity index (χ0n) is 33.8. The summed E-state index contributed by atoms with van der Waals surface area (Å²) in [6.07, 6.45) is 4.07. The van der Waals surface area contributed by atoms with Gasteiger partial charge in [0.2, 0.25) is 11.8 Å². The van der Waals surface area contributed by atoms with Gasteiger partial charge in [-0.2, -0.15) is 0 Å². The minimum absolute atomic E-state index is 0.0694. The molecule has 0 aliphatic rings. The van der Waals surface area contributed by atoms with E-state index in [0.29, 0.717) is 43.6 Å². The minimum atomic E-state index is -2.03. The normalized spacial score (nSPS) is 12.7. The quantitative estimate of drug-likeness (QED) is 0.0976.